The summed E-state index contributed by atoms with van der Waals surface area (Å²) in [4.78, 5) is 13.0. The van der Waals surface area contributed by atoms with Crippen molar-refractivity contribution in [2.75, 3.05) is 32.8 Å². The molecule has 0 bridgehead atoms. The van der Waals surface area contributed by atoms with E-state index in [1.165, 1.54) is 0 Å². The van der Waals surface area contributed by atoms with E-state index in [1.54, 1.807) is 0 Å². The third-order valence-corrected chi connectivity index (χ3v) is 11.3. The van der Waals surface area contributed by atoms with Crippen LogP contribution in [0.3, 0.4) is 0 Å². The molecule has 0 radical (unpaired) electrons. The number of nitrogens with two attached hydrogens (primary N) is 6. The van der Waals surface area contributed by atoms with Gasteiger partial charge in [-0.3, -0.25) is 10.2 Å². The number of nitrogens with one attached hydrogen (secondary N) is 4. The average molecular weight is 809 g/mol. The number of amides is 1. The smallest absolute Gasteiger partial charge is 0.249 e. The Hall–Kier alpha value is -1.98. The third-order valence-electron chi connectivity index (χ3n) is 11.3. The highest BCUT2D eigenvalue weighted by Gasteiger charge is 2.54. The van der Waals surface area contributed by atoms with Gasteiger partial charge >= 0.3 is 0 Å². The minimum atomic E-state index is -1.66. The Morgan fingerprint density at radius 2 is 1.48 bits per heavy atom. The summed E-state index contributed by atoms with van der Waals surface area (Å²) in [5.74, 6) is -0.662. The molecule has 56 heavy (non-hydrogen) atoms. The van der Waals surface area contributed by atoms with E-state index >= 15 is 0 Å². The average Bonchev–Trinajstić information content (AvgIpc) is 3.44. The van der Waals surface area contributed by atoms with Gasteiger partial charge in [0.15, 0.2) is 24.8 Å². The summed E-state index contributed by atoms with van der Waals surface area (Å²) < 4.78 is 36.3. The van der Waals surface area contributed by atoms with Crippen molar-refractivity contribution in [2.45, 2.75) is 155 Å². The largest absolute Gasteiger partial charge is 0.394 e. The molecule has 0 aromatic carbocycles. The van der Waals surface area contributed by atoms with Crippen LogP contribution in [0.2, 0.25) is 0 Å². The maximum atomic E-state index is 13.0. The monoisotopic (exact) mass is 808 g/mol. The van der Waals surface area contributed by atoms with E-state index in [-0.39, 0.29) is 44.0 Å². The van der Waals surface area contributed by atoms with Crippen LogP contribution in [0.4, 0.5) is 0 Å². The fraction of sp³-hybridized carbons (Fsp3) is 0.939. The van der Waals surface area contributed by atoms with E-state index in [9.17, 15) is 35.4 Å². The maximum absolute atomic E-state index is 13.0. The summed E-state index contributed by atoms with van der Waals surface area (Å²) >= 11 is 0. The van der Waals surface area contributed by atoms with Crippen LogP contribution in [0.15, 0.2) is 0 Å². The second-order valence-electron chi connectivity index (χ2n) is 15.6. The fourth-order valence-corrected chi connectivity index (χ4v) is 7.89. The molecular formula is C33H64N10O13. The highest BCUT2D eigenvalue weighted by atomic mass is 16.8. The summed E-state index contributed by atoms with van der Waals surface area (Å²) in [7, 11) is 0. The summed E-state index contributed by atoms with van der Waals surface area (Å²) in [6.45, 7) is 0.508. The molecule has 23 nitrogen and oxygen atoms in total. The van der Waals surface area contributed by atoms with Crippen molar-refractivity contribution in [2.24, 2.45) is 40.3 Å². The van der Waals surface area contributed by atoms with Gasteiger partial charge in [0.1, 0.15) is 61.0 Å². The van der Waals surface area contributed by atoms with Crippen molar-refractivity contribution in [3.05, 3.63) is 0 Å². The number of carbonyl (C=O) groups is 1. The van der Waals surface area contributed by atoms with Gasteiger partial charge in [-0.15, -0.1) is 0 Å². The zero-order valence-electron chi connectivity index (χ0n) is 31.3. The predicted octanol–water partition coefficient (Wildman–Crippen LogP) is -8.08. The standard InChI is InChI=1S/C33H64N10O13/c34-8-19-23(47)24(48)21(38)31(52-19)55-27-20(11-44)53-32(25(27)49)56-28-22(46)17(43-29(50)18(45)3-4-42-33(39)40)7-16(37)26(28)54-30-15(36)2-1-14(51-30)10-41-9-12-5-13(35)6-12/h12-28,30-32,41,44-49H,1-11,34-38H2,(H,43,50)(H4,39,40,42)/t12?,13?,14-,15+,16-,17+,18-,19-,20+,21+,22-,23+,24+,25+,26+,27+,28+,30+,31+,32-/m0/s1. The van der Waals surface area contributed by atoms with Gasteiger partial charge < -0.3 is 109 Å². The first-order valence-electron chi connectivity index (χ1n) is 19.4. The molecule has 0 aromatic heterocycles. The van der Waals surface area contributed by atoms with Crippen LogP contribution >= 0.6 is 0 Å². The molecule has 3 heterocycles. The SMILES string of the molecule is N=C(N)NCC[C@H](O)C(=O)N[C@@H]1C[C@H](N)[C@@H](O[C@H]2O[C@H](CNCC3CC(N)C3)CC[C@H]2N)[C@H](O[C@@H]2O[C@H](CO)[C@@H](O[C@H]3O[C@@H](CN)[C@@H](O)[C@H](O)[C@H]3N)[C@H]2O)[C@H]1O. The Morgan fingerprint density at radius 1 is 0.804 bits per heavy atom. The molecule has 0 unspecified atom stereocenters. The van der Waals surface area contributed by atoms with Gasteiger partial charge in [0.05, 0.1) is 30.8 Å². The number of hydrogen-bond acceptors (Lipinski definition) is 20. The molecule has 2 aliphatic carbocycles. The van der Waals surface area contributed by atoms with Crippen LogP contribution < -0.4 is 50.4 Å². The molecule has 0 aromatic rings. The van der Waals surface area contributed by atoms with Crippen LogP contribution in [-0.4, -0.2) is 192 Å². The van der Waals surface area contributed by atoms with E-state index in [2.05, 4.69) is 16.0 Å². The van der Waals surface area contributed by atoms with Crippen molar-refractivity contribution < 1.29 is 63.9 Å². The second-order valence-corrected chi connectivity index (χ2v) is 15.6. The number of aliphatic hydroxyl groups excluding tert-OH is 6. The lowest BCUT2D eigenvalue weighted by Gasteiger charge is -2.46. The van der Waals surface area contributed by atoms with Gasteiger partial charge in [-0.1, -0.05) is 0 Å². The fourth-order valence-electron chi connectivity index (χ4n) is 7.89. The Kier molecular flexibility index (Phi) is 16.4. The first-order valence-corrected chi connectivity index (χ1v) is 19.4. The molecule has 5 fully saturated rings. The van der Waals surface area contributed by atoms with Crippen molar-refractivity contribution in [3.63, 3.8) is 0 Å². The van der Waals surface area contributed by atoms with Crippen molar-refractivity contribution in [1.82, 2.24) is 16.0 Å². The van der Waals surface area contributed by atoms with Gasteiger partial charge in [0, 0.05) is 31.7 Å². The first kappa shape index (κ1) is 45.1. The highest BCUT2D eigenvalue weighted by molar-refractivity contribution is 5.81. The molecule has 22 N–H and O–H groups in total. The Morgan fingerprint density at radius 3 is 2.14 bits per heavy atom. The van der Waals surface area contributed by atoms with Gasteiger partial charge in [0.25, 0.3) is 0 Å². The zero-order chi connectivity index (χ0) is 40.8. The lowest BCUT2D eigenvalue weighted by Crippen LogP contribution is -2.67. The number of ether oxygens (including phenoxy) is 6. The van der Waals surface area contributed by atoms with E-state index in [4.69, 9.17) is 68.2 Å². The van der Waals surface area contributed by atoms with E-state index < -0.39 is 117 Å². The Balaban J connectivity index is 1.30. The zero-order valence-corrected chi connectivity index (χ0v) is 31.3. The maximum Gasteiger partial charge on any atom is 0.249 e. The van der Waals surface area contributed by atoms with E-state index in [1.807, 2.05) is 0 Å². The summed E-state index contributed by atoms with van der Waals surface area (Å²) in [5, 5.41) is 80.5. The molecule has 0 spiro atoms. The molecule has 5 aliphatic rings. The molecule has 3 saturated heterocycles. The van der Waals surface area contributed by atoms with Crippen LogP contribution in [0.1, 0.15) is 38.5 Å². The molecule has 324 valence electrons. The molecule has 1 amide bonds. The topological polar surface area (TPSA) is 410 Å². The number of aliphatic hydroxyl groups is 6. The predicted molar refractivity (Wildman–Crippen MR) is 195 cm³/mol. The van der Waals surface area contributed by atoms with Gasteiger partial charge in [-0.05, 0) is 51.0 Å². The minimum absolute atomic E-state index is 0.0284. The molecule has 23 heteroatoms. The van der Waals surface area contributed by atoms with Crippen LogP contribution in [0, 0.1) is 11.3 Å². The normalized spacial score (nSPS) is 44.8. The van der Waals surface area contributed by atoms with E-state index in [0.717, 1.165) is 19.4 Å². The van der Waals surface area contributed by atoms with Gasteiger partial charge in [0.2, 0.25) is 5.91 Å². The molecule has 2 saturated carbocycles. The van der Waals surface area contributed by atoms with Crippen LogP contribution in [-0.2, 0) is 33.2 Å². The number of carbonyl (C=O) groups excluding carboxylic acids is 1. The third kappa shape index (κ3) is 11.0. The van der Waals surface area contributed by atoms with E-state index in [0.29, 0.717) is 25.3 Å². The van der Waals surface area contributed by atoms with Crippen LogP contribution in [0.25, 0.3) is 0 Å². The second kappa shape index (κ2) is 20.3. The highest BCUT2D eigenvalue weighted by Crippen LogP contribution is 2.35. The number of rotatable bonds is 17. The Bertz CT molecular complexity index is 1260. The van der Waals surface area contributed by atoms with Crippen molar-refractivity contribution >= 4 is 11.9 Å². The lowest BCUT2D eigenvalue weighted by atomic mass is 9.81. The molecular weight excluding hydrogens is 744 g/mol. The number of guanidine groups is 1. The summed E-state index contributed by atoms with van der Waals surface area (Å²) in [6, 6.07) is -3.64. The summed E-state index contributed by atoms with van der Waals surface area (Å²) in [5.41, 5.74) is 36.1. The van der Waals surface area contributed by atoms with Crippen molar-refractivity contribution in [3.8, 4) is 0 Å². The quantitative estimate of drug-likeness (QED) is 0.0479. The van der Waals surface area contributed by atoms with Gasteiger partial charge in [-0.2, -0.15) is 0 Å². The Labute approximate surface area is 324 Å². The first-order chi connectivity index (χ1) is 26.6. The van der Waals surface area contributed by atoms with Crippen molar-refractivity contribution in [1.29, 1.82) is 5.41 Å². The lowest BCUT2D eigenvalue weighted by molar-refractivity contribution is -0.290. The number of hydrogen-bond donors (Lipinski definition) is 16. The molecule has 5 rings (SSSR count). The van der Waals surface area contributed by atoms with Gasteiger partial charge in [-0.25, -0.2) is 0 Å². The molecule has 3 aliphatic heterocycles. The molecule has 18 atom stereocenters. The van der Waals surface area contributed by atoms with Crippen LogP contribution in [0.5, 0.6) is 0 Å². The summed E-state index contributed by atoms with van der Waals surface area (Å²) in [6.07, 6.45) is -15.1. The minimum Gasteiger partial charge on any atom is -0.394 e.